The molecule has 8 heteroatoms. The smallest absolute Gasteiger partial charge is 0.229 e. The Bertz CT molecular complexity index is 1140. The third-order valence-electron chi connectivity index (χ3n) is 5.78. The third-order valence-corrected chi connectivity index (χ3v) is 5.78. The van der Waals surface area contributed by atoms with Gasteiger partial charge >= 0.3 is 0 Å². The number of anilines is 2. The van der Waals surface area contributed by atoms with Gasteiger partial charge in [-0.1, -0.05) is 6.07 Å². The van der Waals surface area contributed by atoms with Crippen molar-refractivity contribution in [1.82, 2.24) is 4.57 Å². The maximum Gasteiger partial charge on any atom is 0.229 e. The van der Waals surface area contributed by atoms with Crippen LogP contribution >= 0.6 is 0 Å². The Labute approximate surface area is 186 Å². The molecule has 1 aliphatic rings. The van der Waals surface area contributed by atoms with Gasteiger partial charge in [0.2, 0.25) is 11.8 Å². The number of benzene rings is 2. The Hall–Kier alpha value is -3.52. The first-order chi connectivity index (χ1) is 15.5. The molecule has 4 rings (SSSR count). The van der Waals surface area contributed by atoms with Gasteiger partial charge in [0, 0.05) is 44.3 Å². The molecule has 0 unspecified atom stereocenters. The number of rotatable bonds is 8. The zero-order valence-electron chi connectivity index (χ0n) is 18.5. The molecule has 2 heterocycles. The molecule has 1 aliphatic heterocycles. The summed E-state index contributed by atoms with van der Waals surface area (Å²) >= 11 is 0. The predicted octanol–water partition coefficient (Wildman–Crippen LogP) is 3.30. The highest BCUT2D eigenvalue weighted by molar-refractivity contribution is 6.07. The largest absolute Gasteiger partial charge is 0.497 e. The second-order valence-corrected chi connectivity index (χ2v) is 7.67. The molecule has 32 heavy (non-hydrogen) atoms. The van der Waals surface area contributed by atoms with E-state index in [1.54, 1.807) is 44.4 Å². The molecule has 8 nitrogen and oxygen atoms in total. The van der Waals surface area contributed by atoms with Crippen LogP contribution in [0.2, 0.25) is 0 Å². The van der Waals surface area contributed by atoms with Crippen LogP contribution < -0.4 is 19.7 Å². The molecule has 0 bridgehead atoms. The average Bonchev–Trinajstić information content (AvgIpc) is 3.41. The van der Waals surface area contributed by atoms with E-state index in [1.165, 1.54) is 0 Å². The van der Waals surface area contributed by atoms with Gasteiger partial charge in [0.1, 0.15) is 11.5 Å². The van der Waals surface area contributed by atoms with E-state index in [4.69, 9.17) is 14.2 Å². The third kappa shape index (κ3) is 4.13. The second kappa shape index (κ2) is 9.32. The zero-order valence-corrected chi connectivity index (χ0v) is 18.5. The number of carbonyl (C=O) groups excluding carboxylic acids is 2. The minimum atomic E-state index is -0.458. The summed E-state index contributed by atoms with van der Waals surface area (Å²) in [6.07, 6.45) is 2.13. The van der Waals surface area contributed by atoms with Gasteiger partial charge in [-0.3, -0.25) is 9.59 Å². The van der Waals surface area contributed by atoms with Gasteiger partial charge in [0.25, 0.3) is 0 Å². The maximum atomic E-state index is 13.0. The molecular formula is C24H27N3O5. The first-order valence-electron chi connectivity index (χ1n) is 10.5. The molecule has 0 aliphatic carbocycles. The van der Waals surface area contributed by atoms with Crippen LogP contribution in [0.1, 0.15) is 6.42 Å². The van der Waals surface area contributed by atoms with Crippen LogP contribution in [-0.4, -0.2) is 50.9 Å². The van der Waals surface area contributed by atoms with E-state index in [9.17, 15) is 9.59 Å². The van der Waals surface area contributed by atoms with Crippen molar-refractivity contribution >= 4 is 34.1 Å². The van der Waals surface area contributed by atoms with Crippen molar-refractivity contribution in [3.63, 3.8) is 0 Å². The Morgan fingerprint density at radius 3 is 2.72 bits per heavy atom. The lowest BCUT2D eigenvalue weighted by molar-refractivity contribution is -0.122. The number of carbonyl (C=O) groups is 2. The zero-order chi connectivity index (χ0) is 22.7. The molecule has 168 valence electrons. The number of nitrogens with one attached hydrogen (secondary N) is 1. The molecule has 1 N–H and O–H groups in total. The summed E-state index contributed by atoms with van der Waals surface area (Å²) in [6, 6.07) is 13.1. The molecular weight excluding hydrogens is 410 g/mol. The quantitative estimate of drug-likeness (QED) is 0.585. The standard InChI is InChI=1S/C24H27N3O5/c1-30-12-11-26-10-9-18-19(5-4-6-20(18)26)25-24(29)16-13-23(28)27(15-16)21-8-7-17(31-2)14-22(21)32-3/h4-10,14,16H,11-13,15H2,1-3H3,(H,25,29)/t16-/m0/s1. The van der Waals surface area contributed by atoms with Crippen molar-refractivity contribution in [2.45, 2.75) is 13.0 Å². The van der Waals surface area contributed by atoms with Gasteiger partial charge in [-0.05, 0) is 30.3 Å². The highest BCUT2D eigenvalue weighted by atomic mass is 16.5. The van der Waals surface area contributed by atoms with Gasteiger partial charge in [0.15, 0.2) is 0 Å². The number of fused-ring (bicyclic) bond motifs is 1. The minimum Gasteiger partial charge on any atom is -0.497 e. The minimum absolute atomic E-state index is 0.113. The van der Waals surface area contributed by atoms with Gasteiger partial charge in [-0.2, -0.15) is 0 Å². The first kappa shape index (κ1) is 21.7. The number of amides is 2. The summed E-state index contributed by atoms with van der Waals surface area (Å²) < 4.78 is 17.9. The lowest BCUT2D eigenvalue weighted by atomic mass is 10.1. The summed E-state index contributed by atoms with van der Waals surface area (Å²) in [6.45, 7) is 1.63. The number of nitrogens with zero attached hydrogens (tertiary/aromatic N) is 2. The van der Waals surface area contributed by atoms with Gasteiger partial charge in [-0.15, -0.1) is 0 Å². The van der Waals surface area contributed by atoms with E-state index in [2.05, 4.69) is 9.88 Å². The van der Waals surface area contributed by atoms with Gasteiger partial charge in [-0.25, -0.2) is 0 Å². The molecule has 2 amide bonds. The first-order valence-corrected chi connectivity index (χ1v) is 10.5. The number of ether oxygens (including phenoxy) is 3. The lowest BCUT2D eigenvalue weighted by Crippen LogP contribution is -2.28. The van der Waals surface area contributed by atoms with Crippen LogP contribution in [0.4, 0.5) is 11.4 Å². The topological polar surface area (TPSA) is 82.0 Å². The Balaban J connectivity index is 1.51. The Morgan fingerprint density at radius 1 is 1.12 bits per heavy atom. The molecule has 3 aromatic rings. The van der Waals surface area contributed by atoms with Crippen molar-refractivity contribution in [3.05, 3.63) is 48.7 Å². The van der Waals surface area contributed by atoms with Crippen molar-refractivity contribution in [3.8, 4) is 11.5 Å². The number of methoxy groups -OCH3 is 3. The summed E-state index contributed by atoms with van der Waals surface area (Å²) in [7, 11) is 4.79. The molecule has 1 saturated heterocycles. The average molecular weight is 437 g/mol. The molecule has 0 radical (unpaired) electrons. The van der Waals surface area contributed by atoms with Crippen LogP contribution in [0.5, 0.6) is 11.5 Å². The molecule has 1 fully saturated rings. The van der Waals surface area contributed by atoms with Crippen molar-refractivity contribution in [2.24, 2.45) is 5.92 Å². The van der Waals surface area contributed by atoms with E-state index in [-0.39, 0.29) is 24.8 Å². The van der Waals surface area contributed by atoms with E-state index in [1.807, 2.05) is 30.5 Å². The predicted molar refractivity (Wildman–Crippen MR) is 122 cm³/mol. The normalized spacial score (nSPS) is 15.9. The maximum absolute atomic E-state index is 13.0. The molecule has 1 aromatic heterocycles. The molecule has 0 spiro atoms. The number of hydrogen-bond acceptors (Lipinski definition) is 5. The summed E-state index contributed by atoms with van der Waals surface area (Å²) in [5.74, 6) is 0.418. The highest BCUT2D eigenvalue weighted by Crippen LogP contribution is 2.36. The fourth-order valence-corrected chi connectivity index (χ4v) is 4.08. The fraction of sp³-hybridized carbons (Fsp3) is 0.333. The SMILES string of the molecule is COCCn1ccc2c(NC(=O)[C@H]3CC(=O)N(c4ccc(OC)cc4OC)C3)cccc21. The molecule has 1 atom stereocenters. The monoisotopic (exact) mass is 437 g/mol. The van der Waals surface area contributed by atoms with Crippen LogP contribution in [0, 0.1) is 5.92 Å². The molecule has 0 saturated carbocycles. The fourth-order valence-electron chi connectivity index (χ4n) is 4.08. The van der Waals surface area contributed by atoms with Crippen molar-refractivity contribution in [1.29, 1.82) is 0 Å². The highest BCUT2D eigenvalue weighted by Gasteiger charge is 2.36. The van der Waals surface area contributed by atoms with E-state index in [0.717, 1.165) is 23.1 Å². The van der Waals surface area contributed by atoms with Crippen molar-refractivity contribution < 1.29 is 23.8 Å². The van der Waals surface area contributed by atoms with Crippen LogP contribution in [0.25, 0.3) is 10.9 Å². The Morgan fingerprint density at radius 2 is 1.97 bits per heavy atom. The number of hydrogen-bond donors (Lipinski definition) is 1. The number of aromatic nitrogens is 1. The lowest BCUT2D eigenvalue weighted by Gasteiger charge is -2.20. The summed E-state index contributed by atoms with van der Waals surface area (Å²) in [5.41, 5.74) is 2.38. The van der Waals surface area contributed by atoms with Crippen molar-refractivity contribution in [2.75, 3.05) is 44.7 Å². The Kier molecular flexibility index (Phi) is 6.32. The van der Waals surface area contributed by atoms with Crippen LogP contribution in [0.15, 0.2) is 48.7 Å². The summed E-state index contributed by atoms with van der Waals surface area (Å²) in [4.78, 5) is 27.4. The van der Waals surface area contributed by atoms with E-state index >= 15 is 0 Å². The van der Waals surface area contributed by atoms with Crippen LogP contribution in [0.3, 0.4) is 0 Å². The summed E-state index contributed by atoms with van der Waals surface area (Å²) in [5, 5.41) is 3.98. The molecule has 2 aromatic carbocycles. The van der Waals surface area contributed by atoms with E-state index < -0.39 is 5.92 Å². The van der Waals surface area contributed by atoms with Gasteiger partial charge in [0.05, 0.1) is 43.6 Å². The second-order valence-electron chi connectivity index (χ2n) is 7.67. The van der Waals surface area contributed by atoms with E-state index in [0.29, 0.717) is 23.8 Å². The van der Waals surface area contributed by atoms with Gasteiger partial charge < -0.3 is 29.0 Å². The van der Waals surface area contributed by atoms with Crippen LogP contribution in [-0.2, 0) is 20.9 Å².